The Balaban J connectivity index is 1.51. The van der Waals surface area contributed by atoms with Crippen LogP contribution in [0.1, 0.15) is 28.7 Å². The van der Waals surface area contributed by atoms with Crippen molar-refractivity contribution in [3.63, 3.8) is 0 Å². The first-order chi connectivity index (χ1) is 13.9. The third-order valence-electron chi connectivity index (χ3n) is 4.31. The number of aryl methyl sites for hydroxylation is 2. The number of anilines is 2. The Labute approximate surface area is 171 Å². The summed E-state index contributed by atoms with van der Waals surface area (Å²) in [4.78, 5) is 28.2. The maximum absolute atomic E-state index is 12.6. The van der Waals surface area contributed by atoms with Crippen molar-refractivity contribution in [3.8, 4) is 5.69 Å². The van der Waals surface area contributed by atoms with Crippen molar-refractivity contribution in [2.24, 2.45) is 0 Å². The first kappa shape index (κ1) is 18.8. The number of benzene rings is 2. The summed E-state index contributed by atoms with van der Waals surface area (Å²) in [5, 5.41) is 10.5. The van der Waals surface area contributed by atoms with Gasteiger partial charge in [-0.2, -0.15) is 5.10 Å². The van der Waals surface area contributed by atoms with Gasteiger partial charge in [0.25, 0.3) is 5.91 Å². The monoisotopic (exact) mass is 405 g/mol. The highest BCUT2D eigenvalue weighted by Gasteiger charge is 2.12. The number of nitrogens with one attached hydrogen (secondary N) is 2. The highest BCUT2D eigenvalue weighted by Crippen LogP contribution is 2.28. The molecule has 0 radical (unpaired) electrons. The SMILES string of the molecule is CC(=O)Nc1ccc2nc(NC(=O)c3ccc(-n4nc(C)cc4C)cc3)sc2c1. The zero-order valence-electron chi connectivity index (χ0n) is 16.2. The molecule has 146 valence electrons. The van der Waals surface area contributed by atoms with Crippen molar-refractivity contribution in [2.75, 3.05) is 10.6 Å². The molecule has 0 atom stereocenters. The molecule has 0 bridgehead atoms. The van der Waals surface area contributed by atoms with Crippen molar-refractivity contribution in [2.45, 2.75) is 20.8 Å². The van der Waals surface area contributed by atoms with Gasteiger partial charge in [-0.25, -0.2) is 9.67 Å². The van der Waals surface area contributed by atoms with E-state index >= 15 is 0 Å². The van der Waals surface area contributed by atoms with Crippen molar-refractivity contribution >= 4 is 44.2 Å². The molecule has 0 saturated heterocycles. The molecule has 2 aromatic carbocycles. The number of carbonyl (C=O) groups is 2. The van der Waals surface area contributed by atoms with Crippen LogP contribution in [0.25, 0.3) is 15.9 Å². The Morgan fingerprint density at radius 1 is 1.00 bits per heavy atom. The lowest BCUT2D eigenvalue weighted by Gasteiger charge is -2.06. The summed E-state index contributed by atoms with van der Waals surface area (Å²) in [6, 6.07) is 14.7. The number of thiazole rings is 1. The van der Waals surface area contributed by atoms with Crippen LogP contribution in [0.2, 0.25) is 0 Å². The molecule has 4 rings (SSSR count). The Hall–Kier alpha value is -3.52. The van der Waals surface area contributed by atoms with Crippen LogP contribution in [0.5, 0.6) is 0 Å². The van der Waals surface area contributed by atoms with Crippen molar-refractivity contribution in [1.29, 1.82) is 0 Å². The van der Waals surface area contributed by atoms with Crippen LogP contribution < -0.4 is 10.6 Å². The quantitative estimate of drug-likeness (QED) is 0.529. The van der Waals surface area contributed by atoms with E-state index in [2.05, 4.69) is 20.7 Å². The number of hydrogen-bond donors (Lipinski definition) is 2. The number of carbonyl (C=O) groups excluding carboxylic acids is 2. The van der Waals surface area contributed by atoms with E-state index in [0.717, 1.165) is 27.3 Å². The Kier molecular flexibility index (Phi) is 4.85. The third-order valence-corrected chi connectivity index (χ3v) is 5.25. The topological polar surface area (TPSA) is 88.9 Å². The molecule has 2 aromatic heterocycles. The molecule has 8 heteroatoms. The molecule has 0 fully saturated rings. The standard InChI is InChI=1S/C21H19N5O2S/c1-12-10-13(2)26(25-12)17-7-4-15(5-8-17)20(28)24-21-23-18-9-6-16(22-14(3)27)11-19(18)29-21/h4-11H,1-3H3,(H,22,27)(H,23,24,28). The number of aromatic nitrogens is 3. The van der Waals surface area contributed by atoms with Gasteiger partial charge in [0.05, 0.1) is 21.6 Å². The van der Waals surface area contributed by atoms with Gasteiger partial charge < -0.3 is 5.32 Å². The lowest BCUT2D eigenvalue weighted by atomic mass is 10.2. The molecule has 7 nitrogen and oxygen atoms in total. The highest BCUT2D eigenvalue weighted by atomic mass is 32.1. The van der Waals surface area contributed by atoms with E-state index in [1.165, 1.54) is 18.3 Å². The smallest absolute Gasteiger partial charge is 0.257 e. The van der Waals surface area contributed by atoms with Gasteiger partial charge in [-0.1, -0.05) is 11.3 Å². The first-order valence-corrected chi connectivity index (χ1v) is 9.84. The highest BCUT2D eigenvalue weighted by molar-refractivity contribution is 7.22. The van der Waals surface area contributed by atoms with Gasteiger partial charge in [-0.3, -0.25) is 14.9 Å². The number of nitrogens with zero attached hydrogens (tertiary/aromatic N) is 3. The summed E-state index contributed by atoms with van der Waals surface area (Å²) in [6.07, 6.45) is 0. The van der Waals surface area contributed by atoms with E-state index < -0.39 is 0 Å². The summed E-state index contributed by atoms with van der Waals surface area (Å²) >= 11 is 1.36. The summed E-state index contributed by atoms with van der Waals surface area (Å²) in [7, 11) is 0. The minimum atomic E-state index is -0.231. The molecule has 0 aliphatic rings. The Morgan fingerprint density at radius 2 is 1.76 bits per heavy atom. The maximum atomic E-state index is 12.6. The fourth-order valence-electron chi connectivity index (χ4n) is 3.07. The predicted molar refractivity (Wildman–Crippen MR) is 115 cm³/mol. The van der Waals surface area contributed by atoms with Crippen LogP contribution in [0.3, 0.4) is 0 Å². The van der Waals surface area contributed by atoms with Gasteiger partial charge in [0.2, 0.25) is 5.91 Å². The molecular formula is C21H19N5O2S. The zero-order valence-corrected chi connectivity index (χ0v) is 17.0. The normalized spacial score (nSPS) is 10.9. The van der Waals surface area contributed by atoms with E-state index in [1.807, 2.05) is 48.9 Å². The van der Waals surface area contributed by atoms with Gasteiger partial charge in [0.1, 0.15) is 0 Å². The maximum Gasteiger partial charge on any atom is 0.257 e. The van der Waals surface area contributed by atoms with Crippen LogP contribution in [0.4, 0.5) is 10.8 Å². The molecule has 0 aliphatic heterocycles. The van der Waals surface area contributed by atoms with Crippen LogP contribution >= 0.6 is 11.3 Å². The van der Waals surface area contributed by atoms with Crippen LogP contribution in [0.15, 0.2) is 48.5 Å². The minimum absolute atomic E-state index is 0.133. The van der Waals surface area contributed by atoms with Crippen LogP contribution in [0, 0.1) is 13.8 Å². The van der Waals surface area contributed by atoms with Gasteiger partial charge >= 0.3 is 0 Å². The average molecular weight is 405 g/mol. The third kappa shape index (κ3) is 4.02. The first-order valence-electron chi connectivity index (χ1n) is 9.02. The summed E-state index contributed by atoms with van der Waals surface area (Å²) in [6.45, 7) is 5.40. The second-order valence-corrected chi connectivity index (χ2v) is 7.75. The molecule has 4 aromatic rings. The Bertz CT molecular complexity index is 1220. The summed E-state index contributed by atoms with van der Waals surface area (Å²) in [5.41, 5.74) is 4.88. The fourth-order valence-corrected chi connectivity index (χ4v) is 3.97. The molecule has 2 N–H and O–H groups in total. The van der Waals surface area contributed by atoms with Crippen molar-refractivity contribution in [1.82, 2.24) is 14.8 Å². The molecular weight excluding hydrogens is 386 g/mol. The van der Waals surface area contributed by atoms with Gasteiger partial charge in [-0.05, 0) is 62.4 Å². The average Bonchev–Trinajstić information content (AvgIpc) is 3.22. The molecule has 0 aliphatic carbocycles. The van der Waals surface area contributed by atoms with Gasteiger partial charge in [-0.15, -0.1) is 0 Å². The molecule has 2 heterocycles. The Morgan fingerprint density at radius 3 is 2.41 bits per heavy atom. The van der Waals surface area contributed by atoms with Crippen molar-refractivity contribution < 1.29 is 9.59 Å². The van der Waals surface area contributed by atoms with Gasteiger partial charge in [0.15, 0.2) is 5.13 Å². The van der Waals surface area contributed by atoms with E-state index in [1.54, 1.807) is 18.2 Å². The predicted octanol–water partition coefficient (Wildman–Crippen LogP) is 4.31. The van der Waals surface area contributed by atoms with E-state index in [9.17, 15) is 9.59 Å². The van der Waals surface area contributed by atoms with E-state index in [-0.39, 0.29) is 11.8 Å². The lowest BCUT2D eigenvalue weighted by molar-refractivity contribution is -0.114. The van der Waals surface area contributed by atoms with Crippen LogP contribution in [-0.2, 0) is 4.79 Å². The number of amides is 2. The number of fused-ring (bicyclic) bond motifs is 1. The van der Waals surface area contributed by atoms with Crippen LogP contribution in [-0.4, -0.2) is 26.6 Å². The zero-order chi connectivity index (χ0) is 20.5. The van der Waals surface area contributed by atoms with Gasteiger partial charge in [0, 0.05) is 23.9 Å². The second-order valence-electron chi connectivity index (χ2n) is 6.72. The second kappa shape index (κ2) is 7.48. The molecule has 0 unspecified atom stereocenters. The molecule has 0 saturated carbocycles. The summed E-state index contributed by atoms with van der Waals surface area (Å²) < 4.78 is 2.73. The number of rotatable bonds is 4. The minimum Gasteiger partial charge on any atom is -0.326 e. The number of hydrogen-bond acceptors (Lipinski definition) is 5. The summed E-state index contributed by atoms with van der Waals surface area (Å²) in [5.74, 6) is -0.364. The molecule has 2 amide bonds. The van der Waals surface area contributed by atoms with E-state index in [0.29, 0.717) is 16.4 Å². The molecule has 29 heavy (non-hydrogen) atoms. The van der Waals surface area contributed by atoms with E-state index in [4.69, 9.17) is 0 Å². The lowest BCUT2D eigenvalue weighted by Crippen LogP contribution is -2.11. The largest absolute Gasteiger partial charge is 0.326 e. The fraction of sp³-hybridized carbons (Fsp3) is 0.143. The molecule has 0 spiro atoms. The van der Waals surface area contributed by atoms with Crippen molar-refractivity contribution in [3.05, 3.63) is 65.5 Å².